The van der Waals surface area contributed by atoms with Crippen LogP contribution in [-0.4, -0.2) is 32.9 Å². The van der Waals surface area contributed by atoms with Crippen molar-refractivity contribution in [2.24, 2.45) is 0 Å². The summed E-state index contributed by atoms with van der Waals surface area (Å²) in [7, 11) is 4.80. The van der Waals surface area contributed by atoms with Crippen LogP contribution in [0, 0.1) is 0 Å². The zero-order chi connectivity index (χ0) is 17.8. The van der Waals surface area contributed by atoms with E-state index in [0.29, 0.717) is 23.9 Å². The molecule has 0 bridgehead atoms. The van der Waals surface area contributed by atoms with Gasteiger partial charge in [0.2, 0.25) is 5.75 Å². The first kappa shape index (κ1) is 16.9. The average molecular weight is 339 g/mol. The number of hydrogen-bond donors (Lipinski definition) is 0. The van der Waals surface area contributed by atoms with E-state index in [1.165, 1.54) is 0 Å². The van der Waals surface area contributed by atoms with E-state index < -0.39 is 0 Å². The summed E-state index contributed by atoms with van der Waals surface area (Å²) in [6, 6.07) is 11.8. The van der Waals surface area contributed by atoms with E-state index in [0.717, 1.165) is 27.8 Å². The summed E-state index contributed by atoms with van der Waals surface area (Å²) in [5.74, 6) is 2.58. The molecule has 0 aliphatic carbocycles. The van der Waals surface area contributed by atoms with Crippen LogP contribution in [0.1, 0.15) is 6.92 Å². The zero-order valence-electron chi connectivity index (χ0n) is 14.8. The van der Waals surface area contributed by atoms with Gasteiger partial charge in [-0.2, -0.15) is 0 Å². The van der Waals surface area contributed by atoms with Gasteiger partial charge in [-0.15, -0.1) is 0 Å². The summed E-state index contributed by atoms with van der Waals surface area (Å²) < 4.78 is 22.1. The molecule has 3 aromatic rings. The summed E-state index contributed by atoms with van der Waals surface area (Å²) in [4.78, 5) is 4.46. The number of fused-ring (bicyclic) bond motifs is 1. The van der Waals surface area contributed by atoms with Crippen molar-refractivity contribution in [3.63, 3.8) is 0 Å². The number of rotatable bonds is 6. The van der Waals surface area contributed by atoms with Gasteiger partial charge >= 0.3 is 0 Å². The molecule has 25 heavy (non-hydrogen) atoms. The lowest BCUT2D eigenvalue weighted by Crippen LogP contribution is -1.97. The van der Waals surface area contributed by atoms with Gasteiger partial charge in [0.25, 0.3) is 0 Å². The second kappa shape index (κ2) is 7.30. The first-order valence-electron chi connectivity index (χ1n) is 8.03. The van der Waals surface area contributed by atoms with Crippen molar-refractivity contribution < 1.29 is 18.9 Å². The number of ether oxygens (including phenoxy) is 4. The highest BCUT2D eigenvalue weighted by Gasteiger charge is 2.15. The fraction of sp³-hybridized carbons (Fsp3) is 0.250. The number of aromatic nitrogens is 1. The first-order chi connectivity index (χ1) is 12.2. The maximum Gasteiger partial charge on any atom is 0.203 e. The Morgan fingerprint density at radius 3 is 2.08 bits per heavy atom. The lowest BCUT2D eigenvalue weighted by Gasteiger charge is -2.15. The second-order valence-corrected chi connectivity index (χ2v) is 5.39. The van der Waals surface area contributed by atoms with Gasteiger partial charge in [-0.05, 0) is 54.4 Å². The van der Waals surface area contributed by atoms with Crippen LogP contribution in [0.25, 0.3) is 22.0 Å². The first-order valence-corrected chi connectivity index (χ1v) is 8.03. The van der Waals surface area contributed by atoms with Gasteiger partial charge in [0.05, 0.1) is 33.5 Å². The molecule has 0 N–H and O–H groups in total. The van der Waals surface area contributed by atoms with Gasteiger partial charge < -0.3 is 18.9 Å². The van der Waals surface area contributed by atoms with Crippen LogP contribution in [0.15, 0.2) is 42.6 Å². The second-order valence-electron chi connectivity index (χ2n) is 5.39. The fourth-order valence-corrected chi connectivity index (χ4v) is 2.84. The molecule has 1 heterocycles. The number of benzene rings is 2. The van der Waals surface area contributed by atoms with Crippen molar-refractivity contribution in [2.45, 2.75) is 6.92 Å². The molecule has 5 nitrogen and oxygen atoms in total. The summed E-state index contributed by atoms with van der Waals surface area (Å²) in [6.45, 7) is 2.55. The van der Waals surface area contributed by atoms with Crippen LogP contribution < -0.4 is 18.9 Å². The Labute approximate surface area is 147 Å². The molecule has 0 aliphatic rings. The van der Waals surface area contributed by atoms with Gasteiger partial charge in [-0.3, -0.25) is 4.98 Å². The predicted molar refractivity (Wildman–Crippen MR) is 98.0 cm³/mol. The van der Waals surface area contributed by atoms with Crippen LogP contribution >= 0.6 is 0 Å². The molecule has 0 fully saturated rings. The molecule has 3 rings (SSSR count). The molecule has 1 aromatic heterocycles. The molecular weight excluding hydrogens is 318 g/mol. The molecule has 2 aromatic carbocycles. The topological polar surface area (TPSA) is 49.8 Å². The van der Waals surface area contributed by atoms with Gasteiger partial charge in [-0.25, -0.2) is 0 Å². The van der Waals surface area contributed by atoms with Crippen molar-refractivity contribution in [2.75, 3.05) is 27.9 Å². The third kappa shape index (κ3) is 3.18. The van der Waals surface area contributed by atoms with E-state index in [9.17, 15) is 0 Å². The van der Waals surface area contributed by atoms with E-state index in [4.69, 9.17) is 18.9 Å². The predicted octanol–water partition coefficient (Wildman–Crippen LogP) is 4.33. The molecule has 5 heteroatoms. The molecular formula is C20H21NO4. The van der Waals surface area contributed by atoms with Gasteiger partial charge in [0.15, 0.2) is 11.5 Å². The smallest absolute Gasteiger partial charge is 0.203 e. The van der Waals surface area contributed by atoms with E-state index in [1.54, 1.807) is 27.5 Å². The molecule has 0 saturated carbocycles. The molecule has 130 valence electrons. The Kier molecular flexibility index (Phi) is 4.93. The van der Waals surface area contributed by atoms with Crippen LogP contribution in [-0.2, 0) is 0 Å². The third-order valence-corrected chi connectivity index (χ3v) is 3.98. The highest BCUT2D eigenvalue weighted by Crippen LogP contribution is 2.42. The number of nitrogens with zero attached hydrogens (tertiary/aromatic N) is 1. The van der Waals surface area contributed by atoms with Crippen molar-refractivity contribution in [1.82, 2.24) is 4.98 Å². The van der Waals surface area contributed by atoms with E-state index in [-0.39, 0.29) is 0 Å². The highest BCUT2D eigenvalue weighted by atomic mass is 16.5. The monoisotopic (exact) mass is 339 g/mol. The highest BCUT2D eigenvalue weighted by molar-refractivity contribution is 5.90. The standard InChI is InChI=1S/C20H21NO4/c1-5-25-17-10-13(9-16-15(17)7-6-8-21-16)14-11-18(22-2)20(24-4)19(12-14)23-3/h6-12H,5H2,1-4H3. The van der Waals surface area contributed by atoms with Crippen molar-refractivity contribution >= 4 is 10.9 Å². The number of pyridine rings is 1. The minimum atomic E-state index is 0.567. The summed E-state index contributed by atoms with van der Waals surface area (Å²) in [5, 5.41) is 0.987. The largest absolute Gasteiger partial charge is 0.493 e. The molecule has 0 atom stereocenters. The maximum atomic E-state index is 5.81. The molecule has 0 amide bonds. The Balaban J connectivity index is 2.22. The van der Waals surface area contributed by atoms with Crippen LogP contribution in [0.4, 0.5) is 0 Å². The van der Waals surface area contributed by atoms with Crippen molar-refractivity contribution in [3.05, 3.63) is 42.6 Å². The molecule has 0 saturated heterocycles. The Morgan fingerprint density at radius 1 is 0.840 bits per heavy atom. The Morgan fingerprint density at radius 2 is 1.48 bits per heavy atom. The molecule has 0 unspecified atom stereocenters. The number of methoxy groups -OCH3 is 3. The quantitative estimate of drug-likeness (QED) is 0.669. The summed E-state index contributed by atoms with van der Waals surface area (Å²) in [6.07, 6.45) is 1.77. The molecule has 0 spiro atoms. The summed E-state index contributed by atoms with van der Waals surface area (Å²) >= 11 is 0. The van der Waals surface area contributed by atoms with Crippen LogP contribution in [0.2, 0.25) is 0 Å². The van der Waals surface area contributed by atoms with Crippen LogP contribution in [0.5, 0.6) is 23.0 Å². The lowest BCUT2D eigenvalue weighted by atomic mass is 10.0. The van der Waals surface area contributed by atoms with E-state index in [1.807, 2.05) is 43.3 Å². The SMILES string of the molecule is CCOc1cc(-c2cc(OC)c(OC)c(OC)c2)cc2ncccc12. The zero-order valence-corrected chi connectivity index (χ0v) is 14.8. The van der Waals surface area contributed by atoms with Gasteiger partial charge in [0, 0.05) is 11.6 Å². The van der Waals surface area contributed by atoms with Gasteiger partial charge in [0.1, 0.15) is 5.75 Å². The maximum absolute atomic E-state index is 5.81. The van der Waals surface area contributed by atoms with Gasteiger partial charge in [-0.1, -0.05) is 0 Å². The fourth-order valence-electron chi connectivity index (χ4n) is 2.84. The minimum absolute atomic E-state index is 0.567. The third-order valence-electron chi connectivity index (χ3n) is 3.98. The van der Waals surface area contributed by atoms with Crippen molar-refractivity contribution in [1.29, 1.82) is 0 Å². The number of hydrogen-bond acceptors (Lipinski definition) is 5. The van der Waals surface area contributed by atoms with E-state index >= 15 is 0 Å². The van der Waals surface area contributed by atoms with Crippen molar-refractivity contribution in [3.8, 4) is 34.1 Å². The summed E-state index contributed by atoms with van der Waals surface area (Å²) in [5.41, 5.74) is 2.77. The minimum Gasteiger partial charge on any atom is -0.493 e. The Bertz CT molecular complexity index is 867. The average Bonchev–Trinajstić information content (AvgIpc) is 2.66. The normalized spacial score (nSPS) is 10.6. The molecule has 0 radical (unpaired) electrons. The van der Waals surface area contributed by atoms with E-state index in [2.05, 4.69) is 4.98 Å². The Hall–Kier alpha value is -2.95. The van der Waals surface area contributed by atoms with Crippen LogP contribution in [0.3, 0.4) is 0 Å². The lowest BCUT2D eigenvalue weighted by molar-refractivity contribution is 0.324. The molecule has 0 aliphatic heterocycles.